The van der Waals surface area contributed by atoms with Gasteiger partial charge in [-0.15, -0.1) is 0 Å². The maximum atomic E-state index is 12.0. The highest BCUT2D eigenvalue weighted by Gasteiger charge is 2.13. The molecule has 0 atom stereocenters. The standard InChI is InChI=1S/C18H19IN4O4/c1-26-15-8-13(10-22-23-18(20)25)7-14(19)17(15)27-11-16(24)21-9-12-5-3-2-4-6-12/h2-8,10H,9,11H2,1H3,(H,21,24)(H3,20,23,25). The number of amides is 3. The highest BCUT2D eigenvalue weighted by molar-refractivity contribution is 14.1. The Balaban J connectivity index is 1.97. The van der Waals surface area contributed by atoms with Crippen molar-refractivity contribution in [3.63, 3.8) is 0 Å². The fourth-order valence-electron chi connectivity index (χ4n) is 2.11. The number of methoxy groups -OCH3 is 1. The van der Waals surface area contributed by atoms with Crippen LogP contribution >= 0.6 is 22.6 Å². The number of nitrogens with zero attached hydrogens (tertiary/aromatic N) is 1. The van der Waals surface area contributed by atoms with Gasteiger partial charge in [0, 0.05) is 6.54 Å². The SMILES string of the molecule is COc1cc(C=NNC(N)=O)cc(I)c1OCC(=O)NCc1ccccc1. The number of primary amides is 1. The molecule has 27 heavy (non-hydrogen) atoms. The molecule has 0 fully saturated rings. The Morgan fingerprint density at radius 3 is 2.67 bits per heavy atom. The fourth-order valence-corrected chi connectivity index (χ4v) is 2.89. The predicted octanol–water partition coefficient (Wildman–Crippen LogP) is 2.00. The number of nitrogens with one attached hydrogen (secondary N) is 2. The van der Waals surface area contributed by atoms with Crippen molar-refractivity contribution in [2.24, 2.45) is 10.8 Å². The molecule has 0 heterocycles. The van der Waals surface area contributed by atoms with Crippen molar-refractivity contribution in [1.82, 2.24) is 10.7 Å². The van der Waals surface area contributed by atoms with E-state index in [2.05, 4.69) is 38.4 Å². The quantitative estimate of drug-likeness (QED) is 0.303. The Kier molecular flexibility index (Phi) is 7.86. The maximum absolute atomic E-state index is 12.0. The van der Waals surface area contributed by atoms with E-state index in [1.807, 2.05) is 30.3 Å². The van der Waals surface area contributed by atoms with E-state index in [-0.39, 0.29) is 12.5 Å². The number of carbonyl (C=O) groups is 2. The Morgan fingerprint density at radius 1 is 1.26 bits per heavy atom. The van der Waals surface area contributed by atoms with Gasteiger partial charge in [0.05, 0.1) is 16.9 Å². The summed E-state index contributed by atoms with van der Waals surface area (Å²) in [4.78, 5) is 22.7. The second kappa shape index (κ2) is 10.4. The summed E-state index contributed by atoms with van der Waals surface area (Å²) in [6.07, 6.45) is 1.42. The van der Waals surface area contributed by atoms with Gasteiger partial charge >= 0.3 is 6.03 Å². The summed E-state index contributed by atoms with van der Waals surface area (Å²) in [6, 6.07) is 12.3. The highest BCUT2D eigenvalue weighted by Crippen LogP contribution is 2.33. The van der Waals surface area contributed by atoms with Crippen molar-refractivity contribution in [3.05, 3.63) is 57.2 Å². The number of ether oxygens (including phenoxy) is 2. The summed E-state index contributed by atoms with van der Waals surface area (Å²) < 4.78 is 11.7. The van der Waals surface area contributed by atoms with Gasteiger partial charge in [-0.3, -0.25) is 4.79 Å². The number of hydrogen-bond acceptors (Lipinski definition) is 5. The third kappa shape index (κ3) is 6.77. The van der Waals surface area contributed by atoms with Crippen LogP contribution in [0.3, 0.4) is 0 Å². The Morgan fingerprint density at radius 2 is 2.00 bits per heavy atom. The topological polar surface area (TPSA) is 115 Å². The summed E-state index contributed by atoms with van der Waals surface area (Å²) in [6.45, 7) is 0.287. The molecular formula is C18H19IN4O4. The molecule has 0 unspecified atom stereocenters. The molecule has 142 valence electrons. The first kappa shape index (κ1) is 20.5. The molecule has 0 spiro atoms. The highest BCUT2D eigenvalue weighted by atomic mass is 127. The third-order valence-corrected chi connectivity index (χ3v) is 4.12. The van der Waals surface area contributed by atoms with Gasteiger partial charge < -0.3 is 20.5 Å². The van der Waals surface area contributed by atoms with Crippen LogP contribution in [0.5, 0.6) is 11.5 Å². The summed E-state index contributed by atoms with van der Waals surface area (Å²) in [5, 5.41) is 6.50. The van der Waals surface area contributed by atoms with Crippen molar-refractivity contribution in [3.8, 4) is 11.5 Å². The summed E-state index contributed by atoms with van der Waals surface area (Å²) in [5.74, 6) is 0.652. The van der Waals surface area contributed by atoms with Gasteiger partial charge in [-0.1, -0.05) is 30.3 Å². The minimum atomic E-state index is -0.755. The molecule has 3 amide bonds. The average molecular weight is 482 g/mol. The van der Waals surface area contributed by atoms with Crippen LogP contribution in [0.15, 0.2) is 47.6 Å². The fraction of sp³-hybridized carbons (Fsp3) is 0.167. The number of urea groups is 1. The first-order chi connectivity index (χ1) is 13.0. The Labute approximate surface area is 170 Å². The molecule has 0 radical (unpaired) electrons. The van der Waals surface area contributed by atoms with Crippen LogP contribution in [0.1, 0.15) is 11.1 Å². The van der Waals surface area contributed by atoms with Gasteiger partial charge in [-0.2, -0.15) is 5.10 Å². The van der Waals surface area contributed by atoms with Gasteiger partial charge in [-0.25, -0.2) is 10.2 Å². The molecule has 8 nitrogen and oxygen atoms in total. The number of hydrogen-bond donors (Lipinski definition) is 3. The molecule has 2 aromatic carbocycles. The summed E-state index contributed by atoms with van der Waals surface area (Å²) in [5.41, 5.74) is 8.74. The van der Waals surface area contributed by atoms with Crippen molar-refractivity contribution in [2.75, 3.05) is 13.7 Å². The average Bonchev–Trinajstić information content (AvgIpc) is 2.65. The lowest BCUT2D eigenvalue weighted by Gasteiger charge is -2.13. The predicted molar refractivity (Wildman–Crippen MR) is 110 cm³/mol. The minimum Gasteiger partial charge on any atom is -0.493 e. The number of rotatable bonds is 8. The summed E-state index contributed by atoms with van der Waals surface area (Å²) in [7, 11) is 1.50. The van der Waals surface area contributed by atoms with E-state index in [0.29, 0.717) is 23.6 Å². The second-order valence-corrected chi connectivity index (χ2v) is 6.48. The molecule has 0 aliphatic rings. The van der Waals surface area contributed by atoms with Gasteiger partial charge in [0.1, 0.15) is 0 Å². The molecule has 0 aliphatic carbocycles. The molecular weight excluding hydrogens is 463 g/mol. The van der Waals surface area contributed by atoms with E-state index in [4.69, 9.17) is 15.2 Å². The molecule has 0 aliphatic heterocycles. The molecule has 0 saturated carbocycles. The van der Waals surface area contributed by atoms with Gasteiger partial charge in [-0.05, 0) is 45.9 Å². The molecule has 0 saturated heterocycles. The lowest BCUT2D eigenvalue weighted by atomic mass is 10.2. The number of nitrogens with two attached hydrogens (primary N) is 1. The molecule has 9 heteroatoms. The van der Waals surface area contributed by atoms with Crippen LogP contribution in [0.2, 0.25) is 0 Å². The van der Waals surface area contributed by atoms with E-state index in [1.54, 1.807) is 12.1 Å². The maximum Gasteiger partial charge on any atom is 0.332 e. The number of benzene rings is 2. The summed E-state index contributed by atoms with van der Waals surface area (Å²) >= 11 is 2.07. The van der Waals surface area contributed by atoms with Crippen molar-refractivity contribution in [1.29, 1.82) is 0 Å². The zero-order valence-corrected chi connectivity index (χ0v) is 16.7. The Bertz CT molecular complexity index is 828. The van der Waals surface area contributed by atoms with Gasteiger partial charge in [0.15, 0.2) is 18.1 Å². The Hall–Kier alpha value is -2.82. The zero-order chi connectivity index (χ0) is 19.6. The lowest BCUT2D eigenvalue weighted by Crippen LogP contribution is -2.28. The van der Waals surface area contributed by atoms with Crippen LogP contribution in [0.25, 0.3) is 0 Å². The van der Waals surface area contributed by atoms with Gasteiger partial charge in [0.25, 0.3) is 5.91 Å². The van der Waals surface area contributed by atoms with Crippen molar-refractivity contribution >= 4 is 40.7 Å². The van der Waals surface area contributed by atoms with E-state index >= 15 is 0 Å². The monoisotopic (exact) mass is 482 g/mol. The van der Waals surface area contributed by atoms with E-state index in [9.17, 15) is 9.59 Å². The number of carbonyl (C=O) groups excluding carboxylic acids is 2. The minimum absolute atomic E-state index is 0.143. The lowest BCUT2D eigenvalue weighted by molar-refractivity contribution is -0.123. The number of hydrazone groups is 1. The van der Waals surface area contributed by atoms with E-state index in [1.165, 1.54) is 13.3 Å². The molecule has 0 bridgehead atoms. The van der Waals surface area contributed by atoms with Crippen molar-refractivity contribution in [2.45, 2.75) is 6.54 Å². The van der Waals surface area contributed by atoms with E-state index < -0.39 is 6.03 Å². The van der Waals surface area contributed by atoms with Gasteiger partial charge in [0.2, 0.25) is 0 Å². The number of halogens is 1. The molecule has 0 aromatic heterocycles. The van der Waals surface area contributed by atoms with Crippen LogP contribution < -0.4 is 25.9 Å². The normalized spacial score (nSPS) is 10.4. The molecule has 4 N–H and O–H groups in total. The first-order valence-corrected chi connectivity index (χ1v) is 8.97. The van der Waals surface area contributed by atoms with Crippen LogP contribution in [-0.2, 0) is 11.3 Å². The molecule has 2 rings (SSSR count). The van der Waals surface area contributed by atoms with E-state index in [0.717, 1.165) is 9.13 Å². The van der Waals surface area contributed by atoms with Crippen LogP contribution in [-0.4, -0.2) is 31.9 Å². The largest absolute Gasteiger partial charge is 0.493 e. The van der Waals surface area contributed by atoms with Crippen molar-refractivity contribution < 1.29 is 19.1 Å². The second-order valence-electron chi connectivity index (χ2n) is 5.32. The first-order valence-electron chi connectivity index (χ1n) is 7.89. The smallest absolute Gasteiger partial charge is 0.332 e. The van der Waals surface area contributed by atoms with Crippen LogP contribution in [0.4, 0.5) is 4.79 Å². The van der Waals surface area contributed by atoms with Crippen LogP contribution in [0, 0.1) is 3.57 Å². The molecule has 2 aromatic rings. The third-order valence-electron chi connectivity index (χ3n) is 3.32. The zero-order valence-electron chi connectivity index (χ0n) is 14.6.